The highest BCUT2D eigenvalue weighted by Gasteiger charge is 2.24. The number of carbonyl (C=O) groups excluding carboxylic acids is 2. The van der Waals surface area contributed by atoms with Crippen molar-refractivity contribution in [2.45, 2.75) is 12.8 Å². The van der Waals surface area contributed by atoms with E-state index in [-0.39, 0.29) is 11.7 Å². The lowest BCUT2D eigenvalue weighted by atomic mass is 10.2. The zero-order valence-electron chi connectivity index (χ0n) is 11.0. The van der Waals surface area contributed by atoms with E-state index in [1.165, 1.54) is 0 Å². The number of hydrogen-bond donors (Lipinski definition) is 2. The van der Waals surface area contributed by atoms with Crippen LogP contribution in [0.15, 0.2) is 29.2 Å². The molecule has 0 aliphatic carbocycles. The van der Waals surface area contributed by atoms with Crippen molar-refractivity contribution in [2.24, 2.45) is 0 Å². The minimum atomic E-state index is -0.856. The SMILES string of the molecule is O=C(O)CCCOc1cccc(/C=C2/SC(=O)NC2=O)c1. The van der Waals surface area contributed by atoms with E-state index in [1.807, 2.05) is 0 Å². The molecule has 7 heteroatoms. The van der Waals surface area contributed by atoms with Crippen molar-refractivity contribution in [3.63, 3.8) is 0 Å². The zero-order chi connectivity index (χ0) is 15.2. The lowest BCUT2D eigenvalue weighted by Gasteiger charge is -2.06. The number of carboxylic acid groups (broad SMARTS) is 1. The first-order valence-electron chi connectivity index (χ1n) is 6.24. The summed E-state index contributed by atoms with van der Waals surface area (Å²) in [6, 6.07) is 7.02. The normalized spacial score (nSPS) is 16.1. The van der Waals surface area contributed by atoms with E-state index in [2.05, 4.69) is 5.32 Å². The first kappa shape index (κ1) is 15.1. The second kappa shape index (κ2) is 6.94. The van der Waals surface area contributed by atoms with Crippen molar-refractivity contribution in [1.82, 2.24) is 5.32 Å². The van der Waals surface area contributed by atoms with Crippen LogP contribution in [0.4, 0.5) is 4.79 Å². The quantitative estimate of drug-likeness (QED) is 0.618. The fourth-order valence-corrected chi connectivity index (χ4v) is 2.36. The minimum absolute atomic E-state index is 0.0582. The summed E-state index contributed by atoms with van der Waals surface area (Å²) in [5, 5.41) is 10.3. The van der Waals surface area contributed by atoms with Crippen LogP contribution in [0.2, 0.25) is 0 Å². The first-order valence-corrected chi connectivity index (χ1v) is 7.06. The number of aliphatic carboxylic acids is 1. The Kier molecular flexibility index (Phi) is 4.99. The van der Waals surface area contributed by atoms with Gasteiger partial charge in [-0.2, -0.15) is 0 Å². The van der Waals surface area contributed by atoms with Crippen LogP contribution in [-0.4, -0.2) is 28.8 Å². The number of amides is 2. The van der Waals surface area contributed by atoms with Gasteiger partial charge in [-0.25, -0.2) is 0 Å². The van der Waals surface area contributed by atoms with Gasteiger partial charge in [0, 0.05) is 6.42 Å². The van der Waals surface area contributed by atoms with E-state index in [4.69, 9.17) is 9.84 Å². The van der Waals surface area contributed by atoms with Gasteiger partial charge < -0.3 is 9.84 Å². The number of thioether (sulfide) groups is 1. The van der Waals surface area contributed by atoms with E-state index in [0.29, 0.717) is 23.7 Å². The molecule has 1 aliphatic heterocycles. The summed E-state index contributed by atoms with van der Waals surface area (Å²) < 4.78 is 5.44. The fraction of sp³-hybridized carbons (Fsp3) is 0.214. The number of benzene rings is 1. The van der Waals surface area contributed by atoms with Crippen LogP contribution in [0.3, 0.4) is 0 Å². The standard InChI is InChI=1S/C14H13NO5S/c16-12(17)5-2-6-20-10-4-1-3-9(7-10)8-11-13(18)15-14(19)21-11/h1,3-4,7-8H,2,5-6H2,(H,16,17)(H,15,18,19)/b11-8+. The maximum atomic E-state index is 11.4. The van der Waals surface area contributed by atoms with Crippen molar-refractivity contribution in [1.29, 1.82) is 0 Å². The molecule has 6 nitrogen and oxygen atoms in total. The van der Waals surface area contributed by atoms with Gasteiger partial charge in [-0.05, 0) is 42.0 Å². The highest BCUT2D eigenvalue weighted by Crippen LogP contribution is 2.26. The minimum Gasteiger partial charge on any atom is -0.494 e. The largest absolute Gasteiger partial charge is 0.494 e. The van der Waals surface area contributed by atoms with Crippen LogP contribution < -0.4 is 10.1 Å². The smallest absolute Gasteiger partial charge is 0.303 e. The lowest BCUT2D eigenvalue weighted by Crippen LogP contribution is -2.17. The van der Waals surface area contributed by atoms with E-state index in [0.717, 1.165) is 17.3 Å². The summed E-state index contributed by atoms with van der Waals surface area (Å²) in [5.41, 5.74) is 0.734. The Hall–Kier alpha value is -2.28. The summed E-state index contributed by atoms with van der Waals surface area (Å²) in [5.74, 6) is -0.673. The second-order valence-electron chi connectivity index (χ2n) is 4.27. The molecule has 0 spiro atoms. The molecular formula is C14H13NO5S. The molecule has 0 saturated carbocycles. The van der Waals surface area contributed by atoms with E-state index >= 15 is 0 Å². The van der Waals surface area contributed by atoms with Gasteiger partial charge in [0.1, 0.15) is 5.75 Å². The van der Waals surface area contributed by atoms with Gasteiger partial charge in [-0.3, -0.25) is 19.7 Å². The average molecular weight is 307 g/mol. The molecule has 0 atom stereocenters. The van der Waals surface area contributed by atoms with Crippen LogP contribution in [0.25, 0.3) is 6.08 Å². The Morgan fingerprint density at radius 1 is 1.38 bits per heavy atom. The van der Waals surface area contributed by atoms with Crippen LogP contribution in [0, 0.1) is 0 Å². The van der Waals surface area contributed by atoms with Gasteiger partial charge in [-0.15, -0.1) is 0 Å². The summed E-state index contributed by atoms with van der Waals surface area (Å²) in [4.78, 5) is 33.2. The number of carboxylic acids is 1. The van der Waals surface area contributed by atoms with E-state index in [9.17, 15) is 14.4 Å². The number of carbonyl (C=O) groups is 3. The summed E-state index contributed by atoms with van der Waals surface area (Å²) in [6.07, 6.45) is 2.09. The molecule has 1 aliphatic rings. The monoisotopic (exact) mass is 307 g/mol. The van der Waals surface area contributed by atoms with Gasteiger partial charge in [0.05, 0.1) is 11.5 Å². The molecule has 1 aromatic carbocycles. The van der Waals surface area contributed by atoms with Crippen molar-refractivity contribution in [3.05, 3.63) is 34.7 Å². The Morgan fingerprint density at radius 2 is 2.19 bits per heavy atom. The summed E-state index contributed by atoms with van der Waals surface area (Å²) in [7, 11) is 0. The van der Waals surface area contributed by atoms with Crippen molar-refractivity contribution >= 4 is 35.0 Å². The topological polar surface area (TPSA) is 92.7 Å². The van der Waals surface area contributed by atoms with Crippen LogP contribution in [0.5, 0.6) is 5.75 Å². The van der Waals surface area contributed by atoms with E-state index in [1.54, 1.807) is 30.3 Å². The zero-order valence-corrected chi connectivity index (χ0v) is 11.8. The summed E-state index contributed by atoms with van der Waals surface area (Å²) >= 11 is 0.854. The first-order chi connectivity index (χ1) is 10.0. The van der Waals surface area contributed by atoms with Gasteiger partial charge in [-0.1, -0.05) is 12.1 Å². The maximum absolute atomic E-state index is 11.4. The van der Waals surface area contributed by atoms with E-state index < -0.39 is 11.9 Å². The third-order valence-corrected chi connectivity index (χ3v) is 3.41. The number of nitrogens with one attached hydrogen (secondary N) is 1. The molecular weight excluding hydrogens is 294 g/mol. The molecule has 2 amide bonds. The molecule has 1 saturated heterocycles. The predicted molar refractivity (Wildman–Crippen MR) is 77.9 cm³/mol. The number of hydrogen-bond acceptors (Lipinski definition) is 5. The molecule has 21 heavy (non-hydrogen) atoms. The predicted octanol–water partition coefficient (Wildman–Crippen LogP) is 2.25. The van der Waals surface area contributed by atoms with Gasteiger partial charge >= 0.3 is 5.97 Å². The molecule has 2 N–H and O–H groups in total. The molecule has 0 radical (unpaired) electrons. The van der Waals surface area contributed by atoms with Crippen LogP contribution in [-0.2, 0) is 9.59 Å². The Bertz CT molecular complexity index is 611. The van der Waals surface area contributed by atoms with Crippen molar-refractivity contribution < 1.29 is 24.2 Å². The molecule has 0 bridgehead atoms. The van der Waals surface area contributed by atoms with Gasteiger partial charge in [0.2, 0.25) is 0 Å². The maximum Gasteiger partial charge on any atom is 0.303 e. The second-order valence-corrected chi connectivity index (χ2v) is 5.29. The molecule has 0 aromatic heterocycles. The Morgan fingerprint density at radius 3 is 2.86 bits per heavy atom. The highest BCUT2D eigenvalue weighted by atomic mass is 32.2. The van der Waals surface area contributed by atoms with Gasteiger partial charge in [0.15, 0.2) is 0 Å². The van der Waals surface area contributed by atoms with Gasteiger partial charge in [0.25, 0.3) is 11.1 Å². The van der Waals surface area contributed by atoms with Crippen LogP contribution in [0.1, 0.15) is 18.4 Å². The summed E-state index contributed by atoms with van der Waals surface area (Å²) in [6.45, 7) is 0.306. The number of rotatable bonds is 6. The van der Waals surface area contributed by atoms with Crippen molar-refractivity contribution in [2.75, 3.05) is 6.61 Å². The number of imide groups is 1. The molecule has 1 aromatic rings. The Balaban J connectivity index is 1.98. The molecule has 1 heterocycles. The molecule has 0 unspecified atom stereocenters. The lowest BCUT2D eigenvalue weighted by molar-refractivity contribution is -0.137. The molecule has 1 fully saturated rings. The number of ether oxygens (including phenoxy) is 1. The van der Waals surface area contributed by atoms with Crippen LogP contribution >= 0.6 is 11.8 Å². The highest BCUT2D eigenvalue weighted by molar-refractivity contribution is 8.18. The third kappa shape index (κ3) is 4.64. The van der Waals surface area contributed by atoms with Crippen molar-refractivity contribution in [3.8, 4) is 5.75 Å². The average Bonchev–Trinajstić information content (AvgIpc) is 2.73. The third-order valence-electron chi connectivity index (χ3n) is 2.60. The Labute approximate surface area is 125 Å². The fourth-order valence-electron chi connectivity index (χ4n) is 1.68. The molecule has 110 valence electrons. The molecule has 2 rings (SSSR count).